The van der Waals surface area contributed by atoms with Crippen LogP contribution in [0.4, 0.5) is 21.6 Å². The number of anilines is 2. The average molecular weight is 948 g/mol. The van der Waals surface area contributed by atoms with Crippen molar-refractivity contribution in [3.63, 3.8) is 0 Å². The molecule has 1 spiro atoms. The topological polar surface area (TPSA) is 179 Å². The maximum atomic E-state index is 15.9. The number of hydrogen-bond donors (Lipinski definition) is 3. The third kappa shape index (κ3) is 9.40. The van der Waals surface area contributed by atoms with Gasteiger partial charge in [0, 0.05) is 80.8 Å². The summed E-state index contributed by atoms with van der Waals surface area (Å²) in [6, 6.07) is 19.0. The molecule has 6 heterocycles. The van der Waals surface area contributed by atoms with Crippen LogP contribution in [0.1, 0.15) is 124 Å². The summed E-state index contributed by atoms with van der Waals surface area (Å²) in [6.45, 7) is 8.33. The Hall–Kier alpha value is -5.65. The molecule has 5 aromatic rings. The van der Waals surface area contributed by atoms with Crippen molar-refractivity contribution in [1.82, 2.24) is 29.5 Å². The number of carbonyl (C=O) groups excluding carboxylic acids is 1. The van der Waals surface area contributed by atoms with E-state index in [1.54, 1.807) is 18.3 Å². The van der Waals surface area contributed by atoms with E-state index >= 15 is 4.39 Å². The maximum Gasteiger partial charge on any atom is 0.293 e. The number of rotatable bonds is 14. The number of ether oxygens (including phenoxy) is 1. The van der Waals surface area contributed by atoms with Crippen LogP contribution in [0.2, 0.25) is 0 Å². The Morgan fingerprint density at radius 3 is 2.44 bits per heavy atom. The molecule has 5 fully saturated rings. The Labute approximate surface area is 397 Å². The number of nitro benzene ring substituents is 1. The van der Waals surface area contributed by atoms with E-state index in [2.05, 4.69) is 77.8 Å². The number of aromatic nitrogens is 3. The van der Waals surface area contributed by atoms with Crippen LogP contribution in [0.25, 0.3) is 11.0 Å². The molecule has 1 atom stereocenters. The Morgan fingerprint density at radius 1 is 0.926 bits per heavy atom. The molecular weight excluding hydrogens is 886 g/mol. The first kappa shape index (κ1) is 46.1. The molecule has 3 N–H and O–H groups in total. The number of H-pyrrole nitrogens is 1. The van der Waals surface area contributed by atoms with E-state index in [1.807, 2.05) is 6.07 Å². The number of nitrogens with one attached hydrogen (secondary N) is 3. The van der Waals surface area contributed by atoms with E-state index < -0.39 is 37.1 Å². The molecule has 0 unspecified atom stereocenters. The van der Waals surface area contributed by atoms with Gasteiger partial charge in [0.25, 0.3) is 21.6 Å². The number of carbonyl (C=O) groups is 1. The van der Waals surface area contributed by atoms with Crippen molar-refractivity contribution >= 4 is 44.2 Å². The van der Waals surface area contributed by atoms with Crippen LogP contribution in [0.15, 0.2) is 84.1 Å². The van der Waals surface area contributed by atoms with Gasteiger partial charge in [-0.15, -0.1) is 0 Å². The number of fused-ring (bicyclic) bond motifs is 1. The molecule has 2 aromatic carbocycles. The van der Waals surface area contributed by atoms with E-state index in [4.69, 9.17) is 4.74 Å². The minimum atomic E-state index is -4.65. The van der Waals surface area contributed by atoms with Gasteiger partial charge in [0.05, 0.1) is 16.0 Å². The summed E-state index contributed by atoms with van der Waals surface area (Å²) < 4.78 is 52.0. The molecule has 68 heavy (non-hydrogen) atoms. The Morgan fingerprint density at radius 2 is 1.69 bits per heavy atom. The Kier molecular flexibility index (Phi) is 12.7. The van der Waals surface area contributed by atoms with Gasteiger partial charge in [-0.3, -0.25) is 19.8 Å². The molecule has 3 aliphatic heterocycles. The largest absolute Gasteiger partial charge is 0.455 e. The number of amides is 1. The van der Waals surface area contributed by atoms with Gasteiger partial charge >= 0.3 is 0 Å². The summed E-state index contributed by atoms with van der Waals surface area (Å²) in [6.07, 6.45) is 16.6. The lowest BCUT2D eigenvalue weighted by Gasteiger charge is -2.56. The minimum absolute atomic E-state index is 0.0109. The number of hydrogen-bond acceptors (Lipinski definition) is 12. The first-order valence-electron chi connectivity index (χ1n) is 24.5. The van der Waals surface area contributed by atoms with E-state index in [0.29, 0.717) is 67.2 Å². The fraction of sp³-hybridized carbons (Fsp3) is 0.510. The molecule has 10 rings (SSSR count). The molecule has 15 nitrogen and oxygen atoms in total. The van der Waals surface area contributed by atoms with Crippen molar-refractivity contribution in [2.24, 2.45) is 5.41 Å². The van der Waals surface area contributed by atoms with Crippen LogP contribution in [0, 0.1) is 15.5 Å². The van der Waals surface area contributed by atoms with Crippen molar-refractivity contribution in [3.05, 3.63) is 106 Å². The van der Waals surface area contributed by atoms with Crippen LogP contribution >= 0.6 is 0 Å². The molecule has 3 aromatic heterocycles. The molecular formula is C51H62FN9O6S. The predicted molar refractivity (Wildman–Crippen MR) is 260 cm³/mol. The number of nitrogens with zero attached hydrogens (tertiary/aromatic N) is 6. The normalized spacial score (nSPS) is 21.4. The number of piperidine rings is 2. The molecule has 360 valence electrons. The van der Waals surface area contributed by atoms with Crippen LogP contribution in [0.5, 0.6) is 11.5 Å². The van der Waals surface area contributed by atoms with Crippen LogP contribution < -0.4 is 19.7 Å². The lowest BCUT2D eigenvalue weighted by atomic mass is 9.60. The third-order valence-electron chi connectivity index (χ3n) is 15.8. The second kappa shape index (κ2) is 18.7. The summed E-state index contributed by atoms with van der Waals surface area (Å²) in [4.78, 5) is 44.5. The number of sulfonamides is 1. The summed E-state index contributed by atoms with van der Waals surface area (Å²) in [5.41, 5.74) is 1.57. The number of alkyl halides is 1. The zero-order chi connectivity index (χ0) is 47.2. The monoisotopic (exact) mass is 947 g/mol. The lowest BCUT2D eigenvalue weighted by Crippen LogP contribution is -2.55. The highest BCUT2D eigenvalue weighted by Gasteiger charge is 2.50. The SMILES string of the molecule is CC(C)c1ccccc1[C@@H]1CCCN1C1CC2(CCN(c3cc(Oc4cnc5[nH]ccc5c4)c(C(=O)NS(=O)(=O)c4ccc(NCC5(F)CCN(C6CCCC6)CC5)c([N+](=O)[O-])c4)cn3)CC2)C1. The molecule has 5 aliphatic rings. The first-order chi connectivity index (χ1) is 32.8. The number of aromatic amines is 1. The molecule has 0 bridgehead atoms. The number of pyridine rings is 2. The van der Waals surface area contributed by atoms with Gasteiger partial charge in [-0.1, -0.05) is 51.0 Å². The van der Waals surface area contributed by atoms with Crippen LogP contribution in [-0.4, -0.2) is 101 Å². The fourth-order valence-electron chi connectivity index (χ4n) is 11.9. The van der Waals surface area contributed by atoms with Crippen molar-refractivity contribution < 1.29 is 27.3 Å². The second-order valence-electron chi connectivity index (χ2n) is 20.3. The van der Waals surface area contributed by atoms with Gasteiger partial charge in [0.1, 0.15) is 39.9 Å². The van der Waals surface area contributed by atoms with E-state index in [0.717, 1.165) is 62.8 Å². The third-order valence-corrected chi connectivity index (χ3v) is 17.1. The Bertz CT molecular complexity index is 2770. The van der Waals surface area contributed by atoms with Gasteiger partial charge in [-0.2, -0.15) is 0 Å². The fourth-order valence-corrected chi connectivity index (χ4v) is 12.8. The summed E-state index contributed by atoms with van der Waals surface area (Å²) >= 11 is 0. The smallest absolute Gasteiger partial charge is 0.293 e. The summed E-state index contributed by atoms with van der Waals surface area (Å²) in [5.74, 6) is 0.450. The molecule has 3 saturated heterocycles. The molecule has 0 radical (unpaired) electrons. The standard InChI is InChI=1S/C51H62FN9O6S/c1-34(2)40-10-5-6-11-41(40)44-12-7-21-60(44)37-29-50(30-37)16-22-59(23-17-50)47-28-46(67-38-26-35-15-20-53-48(35)55-31-38)42(32-54-47)49(62)57-68(65,66)39-13-14-43(45(27-39)61(63)64)56-33-51(52)18-24-58(25-19-51)36-8-3-4-9-36/h5-6,10-11,13-15,20,26-28,31-32,34,36-37,44,56H,3-4,7-9,12,16-19,21-25,29-30,33H2,1-2H3,(H,53,55)(H,57,62)/t44-/m0/s1. The second-order valence-corrected chi connectivity index (χ2v) is 22.0. The lowest BCUT2D eigenvalue weighted by molar-refractivity contribution is -0.384. The van der Waals surface area contributed by atoms with E-state index in [-0.39, 0.29) is 29.0 Å². The highest BCUT2D eigenvalue weighted by molar-refractivity contribution is 7.90. The number of benzene rings is 2. The van der Waals surface area contributed by atoms with Crippen LogP contribution in [0.3, 0.4) is 0 Å². The zero-order valence-corrected chi connectivity index (χ0v) is 39.8. The number of halogens is 1. The molecule has 1 amide bonds. The number of likely N-dealkylation sites (tertiary alicyclic amines) is 2. The quantitative estimate of drug-likeness (QED) is 0.0710. The van der Waals surface area contributed by atoms with Crippen molar-refractivity contribution in [1.29, 1.82) is 0 Å². The summed E-state index contributed by atoms with van der Waals surface area (Å²) in [7, 11) is -4.65. The average Bonchev–Trinajstić information content (AvgIpc) is 4.14. The van der Waals surface area contributed by atoms with Gasteiger partial charge in [0.2, 0.25) is 0 Å². The van der Waals surface area contributed by atoms with Crippen molar-refractivity contribution in [2.75, 3.05) is 49.5 Å². The highest BCUT2D eigenvalue weighted by Crippen LogP contribution is 2.54. The minimum Gasteiger partial charge on any atom is -0.455 e. The van der Waals surface area contributed by atoms with Gasteiger partial charge < -0.3 is 24.8 Å². The van der Waals surface area contributed by atoms with Gasteiger partial charge in [0.15, 0.2) is 0 Å². The zero-order valence-electron chi connectivity index (χ0n) is 39.0. The van der Waals surface area contributed by atoms with Crippen molar-refractivity contribution in [3.8, 4) is 11.5 Å². The highest BCUT2D eigenvalue weighted by atomic mass is 32.2. The van der Waals surface area contributed by atoms with Gasteiger partial charge in [-0.25, -0.2) is 27.5 Å². The predicted octanol–water partition coefficient (Wildman–Crippen LogP) is 9.65. The van der Waals surface area contributed by atoms with Gasteiger partial charge in [-0.05, 0) is 117 Å². The van der Waals surface area contributed by atoms with E-state index in [9.17, 15) is 23.3 Å². The number of nitro groups is 1. The summed E-state index contributed by atoms with van der Waals surface area (Å²) in [5, 5.41) is 15.9. The molecule has 2 saturated carbocycles. The van der Waals surface area contributed by atoms with Crippen molar-refractivity contribution in [2.45, 2.75) is 126 Å². The molecule has 17 heteroatoms. The molecule has 2 aliphatic carbocycles. The maximum absolute atomic E-state index is 15.9. The first-order valence-corrected chi connectivity index (χ1v) is 26.0. The Balaban J connectivity index is 0.821. The van der Waals surface area contributed by atoms with Crippen LogP contribution in [-0.2, 0) is 10.0 Å². The van der Waals surface area contributed by atoms with E-state index in [1.165, 1.54) is 68.1 Å².